The van der Waals surface area contributed by atoms with Crippen molar-refractivity contribution >= 4 is 30.0 Å². The van der Waals surface area contributed by atoms with Crippen LogP contribution in [0.3, 0.4) is 0 Å². The molecule has 130 valence electrons. The Morgan fingerprint density at radius 1 is 1.31 bits per heavy atom. The summed E-state index contributed by atoms with van der Waals surface area (Å²) in [5.41, 5.74) is 3.89. The summed E-state index contributed by atoms with van der Waals surface area (Å²) < 4.78 is 6.94. The van der Waals surface area contributed by atoms with Crippen LogP contribution in [0.25, 0.3) is 5.69 Å². The number of ketones is 1. The monoisotopic (exact) mass is 366 g/mol. The molecule has 2 heterocycles. The predicted molar refractivity (Wildman–Crippen MR) is 100 cm³/mol. The zero-order valence-electron chi connectivity index (χ0n) is 13.9. The van der Waals surface area contributed by atoms with Gasteiger partial charge in [-0.2, -0.15) is 5.10 Å². The number of Topliss-reactive ketones (excluding diaryl/α,β-unsaturated/α-hetero) is 1. The van der Waals surface area contributed by atoms with Crippen LogP contribution in [0.5, 0.6) is 0 Å². The summed E-state index contributed by atoms with van der Waals surface area (Å²) in [6.45, 7) is 0.505. The molecule has 0 aliphatic carbocycles. The van der Waals surface area contributed by atoms with Crippen LogP contribution in [0.4, 0.5) is 0 Å². The molecule has 1 aliphatic rings. The smallest absolute Gasteiger partial charge is 0.423 e. The molecule has 5 nitrogen and oxygen atoms in total. The third kappa shape index (κ3) is 3.31. The highest BCUT2D eigenvalue weighted by atomic mass is 35.5. The van der Waals surface area contributed by atoms with Crippen molar-refractivity contribution in [3.05, 3.63) is 76.6 Å². The number of hydrogen-bond donors (Lipinski definition) is 1. The molecule has 7 heteroatoms. The maximum absolute atomic E-state index is 12.7. The van der Waals surface area contributed by atoms with E-state index < -0.39 is 7.12 Å². The Morgan fingerprint density at radius 3 is 2.96 bits per heavy atom. The number of halogens is 1. The number of benzene rings is 2. The molecular weight excluding hydrogens is 350 g/mol. The van der Waals surface area contributed by atoms with Gasteiger partial charge in [0.1, 0.15) is 0 Å². The maximum atomic E-state index is 12.7. The Balaban J connectivity index is 1.56. The van der Waals surface area contributed by atoms with Crippen molar-refractivity contribution in [1.29, 1.82) is 0 Å². The normalized spacial score (nSPS) is 13.5. The zero-order chi connectivity index (χ0) is 18.1. The molecule has 3 aromatic rings. The van der Waals surface area contributed by atoms with E-state index in [1.807, 2.05) is 36.5 Å². The van der Waals surface area contributed by atoms with Crippen LogP contribution in [0.15, 0.2) is 54.9 Å². The number of carbonyl (C=O) groups excluding carboxylic acids is 1. The van der Waals surface area contributed by atoms with E-state index in [2.05, 4.69) is 5.10 Å². The number of fused-ring (bicyclic) bond motifs is 1. The number of aromatic nitrogens is 2. The average molecular weight is 367 g/mol. The lowest BCUT2D eigenvalue weighted by Crippen LogP contribution is -2.41. The minimum atomic E-state index is -0.925. The second-order valence-electron chi connectivity index (χ2n) is 6.22. The van der Waals surface area contributed by atoms with Crippen LogP contribution >= 0.6 is 11.6 Å². The molecule has 0 bridgehead atoms. The summed E-state index contributed by atoms with van der Waals surface area (Å²) in [5, 5.41) is 14.5. The van der Waals surface area contributed by atoms with Crippen molar-refractivity contribution in [2.24, 2.45) is 0 Å². The topological polar surface area (TPSA) is 64.3 Å². The molecule has 0 radical (unpaired) electrons. The van der Waals surface area contributed by atoms with Gasteiger partial charge < -0.3 is 9.68 Å². The van der Waals surface area contributed by atoms with Crippen molar-refractivity contribution < 1.29 is 14.5 Å². The molecule has 0 atom stereocenters. The van der Waals surface area contributed by atoms with Crippen LogP contribution in [-0.4, -0.2) is 34.3 Å². The van der Waals surface area contributed by atoms with Crippen molar-refractivity contribution in [2.75, 3.05) is 6.61 Å². The number of hydrogen-bond acceptors (Lipinski definition) is 4. The zero-order valence-corrected chi connectivity index (χ0v) is 14.7. The van der Waals surface area contributed by atoms with E-state index in [9.17, 15) is 9.82 Å². The van der Waals surface area contributed by atoms with Crippen LogP contribution < -0.4 is 5.46 Å². The van der Waals surface area contributed by atoms with Crippen LogP contribution in [0.1, 0.15) is 21.5 Å². The molecule has 0 saturated heterocycles. The maximum Gasteiger partial charge on any atom is 0.491 e. The van der Waals surface area contributed by atoms with Crippen molar-refractivity contribution in [1.82, 2.24) is 9.78 Å². The summed E-state index contributed by atoms with van der Waals surface area (Å²) in [5.74, 6) is -0.0758. The average Bonchev–Trinajstić information content (AvgIpc) is 3.17. The van der Waals surface area contributed by atoms with E-state index in [1.165, 1.54) is 0 Å². The van der Waals surface area contributed by atoms with Gasteiger partial charge in [0, 0.05) is 31.0 Å². The first-order valence-electron chi connectivity index (χ1n) is 8.36. The minimum absolute atomic E-state index is 0.0758. The highest BCUT2D eigenvalue weighted by Gasteiger charge is 2.25. The van der Waals surface area contributed by atoms with Gasteiger partial charge in [0.15, 0.2) is 5.78 Å². The van der Waals surface area contributed by atoms with E-state index in [-0.39, 0.29) is 12.2 Å². The highest BCUT2D eigenvalue weighted by molar-refractivity contribution is 6.60. The van der Waals surface area contributed by atoms with Gasteiger partial charge >= 0.3 is 7.12 Å². The molecule has 0 saturated carbocycles. The van der Waals surface area contributed by atoms with Gasteiger partial charge in [-0.05, 0) is 47.3 Å². The predicted octanol–water partition coefficient (Wildman–Crippen LogP) is 2.21. The molecule has 26 heavy (non-hydrogen) atoms. The molecular formula is C19H16BClN2O3. The molecule has 0 fully saturated rings. The fourth-order valence-electron chi connectivity index (χ4n) is 3.16. The van der Waals surface area contributed by atoms with Crippen LogP contribution in [0.2, 0.25) is 5.02 Å². The van der Waals surface area contributed by atoms with E-state index in [0.717, 1.165) is 28.7 Å². The summed E-state index contributed by atoms with van der Waals surface area (Å²) in [6, 6.07) is 12.8. The van der Waals surface area contributed by atoms with E-state index >= 15 is 0 Å². The third-order valence-electron chi connectivity index (χ3n) is 4.51. The van der Waals surface area contributed by atoms with Gasteiger partial charge in [-0.1, -0.05) is 29.8 Å². The van der Waals surface area contributed by atoms with Crippen molar-refractivity contribution in [3.8, 4) is 5.69 Å². The summed E-state index contributed by atoms with van der Waals surface area (Å²) in [4.78, 5) is 12.7. The lowest BCUT2D eigenvalue weighted by molar-refractivity contribution is 0.0993. The number of rotatable bonds is 4. The van der Waals surface area contributed by atoms with Crippen molar-refractivity contribution in [2.45, 2.75) is 12.8 Å². The fourth-order valence-corrected chi connectivity index (χ4v) is 3.44. The van der Waals surface area contributed by atoms with Gasteiger partial charge in [-0.25, -0.2) is 4.68 Å². The van der Waals surface area contributed by atoms with Gasteiger partial charge in [0.25, 0.3) is 0 Å². The first-order valence-corrected chi connectivity index (χ1v) is 8.74. The first-order chi connectivity index (χ1) is 12.6. The Bertz CT molecular complexity index is 959. The largest absolute Gasteiger partial charge is 0.491 e. The molecule has 0 unspecified atom stereocenters. The molecule has 4 rings (SSSR count). The number of carbonyl (C=O) groups is 1. The fraction of sp³-hybridized carbons (Fsp3) is 0.158. The number of nitrogens with zero attached hydrogens (tertiary/aromatic N) is 2. The minimum Gasteiger partial charge on any atom is -0.423 e. The van der Waals surface area contributed by atoms with E-state index in [0.29, 0.717) is 17.2 Å². The summed E-state index contributed by atoms with van der Waals surface area (Å²) in [6.07, 6.45) is 4.47. The van der Waals surface area contributed by atoms with Gasteiger partial charge in [-0.15, -0.1) is 0 Å². The van der Waals surface area contributed by atoms with E-state index in [4.69, 9.17) is 16.3 Å². The Labute approximate surface area is 156 Å². The molecule has 0 spiro atoms. The quantitative estimate of drug-likeness (QED) is 0.568. The Hall–Kier alpha value is -2.41. The lowest BCUT2D eigenvalue weighted by atomic mass is 9.73. The van der Waals surface area contributed by atoms with Gasteiger partial charge in [0.05, 0.1) is 10.7 Å². The Kier molecular flexibility index (Phi) is 4.63. The van der Waals surface area contributed by atoms with Gasteiger partial charge in [0.2, 0.25) is 0 Å². The summed E-state index contributed by atoms with van der Waals surface area (Å²) in [7, 11) is -0.925. The highest BCUT2D eigenvalue weighted by Crippen LogP contribution is 2.22. The molecule has 2 aromatic carbocycles. The van der Waals surface area contributed by atoms with Crippen molar-refractivity contribution in [3.63, 3.8) is 0 Å². The second-order valence-corrected chi connectivity index (χ2v) is 6.63. The van der Waals surface area contributed by atoms with Gasteiger partial charge in [-0.3, -0.25) is 4.79 Å². The lowest BCUT2D eigenvalue weighted by Gasteiger charge is -2.19. The molecule has 0 amide bonds. The molecule has 1 N–H and O–H groups in total. The third-order valence-corrected chi connectivity index (χ3v) is 4.82. The molecule has 1 aliphatic heterocycles. The SMILES string of the molecule is O=C(Cc1ccc2c(c1)B(O)OCC2)c1ccc(-n2cccn2)cc1Cl. The second kappa shape index (κ2) is 7.07. The standard InChI is InChI=1S/C19H16BClN2O3/c21-18-12-15(23-8-1-7-22-23)4-5-16(18)19(24)11-13-2-3-14-6-9-26-20(25)17(14)10-13/h1-5,7-8,10,12,25H,6,9,11H2. The van der Waals surface area contributed by atoms with Crippen LogP contribution in [0, 0.1) is 0 Å². The molecule has 1 aromatic heterocycles. The van der Waals surface area contributed by atoms with E-state index in [1.54, 1.807) is 23.0 Å². The summed E-state index contributed by atoms with van der Waals surface area (Å²) >= 11 is 6.32. The Morgan fingerprint density at radius 2 is 2.19 bits per heavy atom. The first kappa shape index (κ1) is 17.0. The van der Waals surface area contributed by atoms with Crippen LogP contribution in [-0.2, 0) is 17.5 Å².